The first-order valence-electron chi connectivity index (χ1n) is 3.66. The van der Waals surface area contributed by atoms with Gasteiger partial charge in [-0.1, -0.05) is 0 Å². The number of aromatic nitrogens is 2. The fraction of sp³-hybridized carbons (Fsp3) is 0.333. The molecule has 76 valence electrons. The van der Waals surface area contributed by atoms with Crippen molar-refractivity contribution in [2.75, 3.05) is 12.3 Å². The predicted molar refractivity (Wildman–Crippen MR) is 49.3 cm³/mol. The van der Waals surface area contributed by atoms with Crippen molar-refractivity contribution in [2.45, 2.75) is 6.92 Å². The van der Waals surface area contributed by atoms with Crippen LogP contribution in [0.3, 0.4) is 0 Å². The van der Waals surface area contributed by atoms with Crippen LogP contribution in [-0.2, 0) is 9.53 Å². The minimum Gasteiger partial charge on any atom is -0.473 e. The van der Waals surface area contributed by atoms with Gasteiger partial charge >= 0.3 is 11.2 Å². The molecule has 0 aliphatic heterocycles. The number of nitrogens with two attached hydrogens (primary N) is 1. The molecule has 0 unspecified atom stereocenters. The van der Waals surface area contributed by atoms with Gasteiger partial charge in [0, 0.05) is 11.5 Å². The molecule has 0 saturated heterocycles. The molecule has 0 amide bonds. The van der Waals surface area contributed by atoms with E-state index in [1.165, 1.54) is 0 Å². The summed E-state index contributed by atoms with van der Waals surface area (Å²) in [5, 5.41) is 7.08. The fourth-order valence-corrected chi connectivity index (χ4v) is 1.05. The van der Waals surface area contributed by atoms with E-state index in [1.54, 1.807) is 6.92 Å². The Bertz CT molecular complexity index is 351. The number of anilines is 1. The van der Waals surface area contributed by atoms with Crippen LogP contribution in [0.25, 0.3) is 0 Å². The largest absolute Gasteiger partial charge is 0.473 e. The number of carbonyl (C=O) groups excluding carboxylic acids is 1. The summed E-state index contributed by atoms with van der Waals surface area (Å²) in [6.07, 6.45) is 0. The molecule has 0 bridgehead atoms. The van der Waals surface area contributed by atoms with Gasteiger partial charge in [-0.3, -0.25) is 5.41 Å². The minimum atomic E-state index is -0.914. The van der Waals surface area contributed by atoms with Crippen molar-refractivity contribution in [1.82, 2.24) is 9.36 Å². The number of hydrogen-bond acceptors (Lipinski definition) is 8. The van der Waals surface area contributed by atoms with Gasteiger partial charge in [0.15, 0.2) is 0 Å². The van der Waals surface area contributed by atoms with Gasteiger partial charge in [0.1, 0.15) is 0 Å². The predicted octanol–water partition coefficient (Wildman–Crippen LogP) is 0.0395. The van der Waals surface area contributed by atoms with Crippen LogP contribution >= 0.6 is 11.5 Å². The molecule has 1 heterocycles. The highest BCUT2D eigenvalue weighted by Gasteiger charge is 2.15. The topological polar surface area (TPSA) is 111 Å². The van der Waals surface area contributed by atoms with Crippen molar-refractivity contribution in [3.63, 3.8) is 0 Å². The van der Waals surface area contributed by atoms with Gasteiger partial charge in [0.05, 0.1) is 6.61 Å². The van der Waals surface area contributed by atoms with Crippen molar-refractivity contribution in [3.05, 3.63) is 0 Å². The van der Waals surface area contributed by atoms with Crippen LogP contribution in [0.2, 0.25) is 0 Å². The van der Waals surface area contributed by atoms with E-state index in [9.17, 15) is 4.79 Å². The van der Waals surface area contributed by atoms with E-state index in [0.29, 0.717) is 0 Å². The van der Waals surface area contributed by atoms with E-state index in [1.807, 2.05) is 0 Å². The van der Waals surface area contributed by atoms with Crippen molar-refractivity contribution in [1.29, 1.82) is 5.41 Å². The van der Waals surface area contributed by atoms with Crippen LogP contribution < -0.4 is 10.5 Å². The molecule has 0 saturated carbocycles. The molecule has 1 rings (SSSR count). The lowest BCUT2D eigenvalue weighted by molar-refractivity contribution is -0.128. The van der Waals surface area contributed by atoms with E-state index in [0.717, 1.165) is 11.5 Å². The second-order valence-corrected chi connectivity index (χ2v) is 2.78. The van der Waals surface area contributed by atoms with E-state index in [2.05, 4.69) is 18.8 Å². The molecule has 8 heteroatoms. The Labute approximate surface area is 83.5 Å². The third-order valence-corrected chi connectivity index (χ3v) is 1.69. The summed E-state index contributed by atoms with van der Waals surface area (Å²) in [5.74, 6) is -1.45. The summed E-state index contributed by atoms with van der Waals surface area (Å²) in [7, 11) is 0. The Hall–Kier alpha value is -1.70. The maximum Gasteiger partial charge on any atom is 0.400 e. The van der Waals surface area contributed by atoms with Gasteiger partial charge in [0.2, 0.25) is 5.95 Å². The van der Waals surface area contributed by atoms with Gasteiger partial charge in [-0.15, -0.1) is 0 Å². The van der Waals surface area contributed by atoms with Crippen molar-refractivity contribution < 1.29 is 14.3 Å². The number of carbonyl (C=O) groups is 1. The molecule has 0 atom stereocenters. The number of hydrogen-bond donors (Lipinski definition) is 2. The molecule has 1 aromatic heterocycles. The summed E-state index contributed by atoms with van der Waals surface area (Å²) in [4.78, 5) is 14.6. The minimum absolute atomic E-state index is 0.00282. The van der Waals surface area contributed by atoms with Gasteiger partial charge in [-0.05, 0) is 6.92 Å². The number of ether oxygens (including phenoxy) is 2. The van der Waals surface area contributed by atoms with Gasteiger partial charge in [-0.25, -0.2) is 4.79 Å². The van der Waals surface area contributed by atoms with Crippen LogP contribution in [0.4, 0.5) is 5.95 Å². The van der Waals surface area contributed by atoms with Crippen LogP contribution in [0.15, 0.2) is 0 Å². The number of nitrogens with one attached hydrogen (secondary N) is 1. The molecule has 0 aromatic carbocycles. The standard InChI is InChI=1S/C6H8N4O3S/c1-2-12-3(7)4(11)13-6-9-5(8)10-14-6/h7H,2H2,1H3,(H2,8,10). The number of rotatable bonds is 2. The Balaban J connectivity index is 2.53. The summed E-state index contributed by atoms with van der Waals surface area (Å²) in [5.41, 5.74) is 5.20. The lowest BCUT2D eigenvalue weighted by Crippen LogP contribution is -2.22. The molecule has 3 N–H and O–H groups in total. The summed E-state index contributed by atoms with van der Waals surface area (Å²) >= 11 is 0.832. The molecular formula is C6H8N4O3S. The molecular weight excluding hydrogens is 208 g/mol. The highest BCUT2D eigenvalue weighted by Crippen LogP contribution is 2.14. The zero-order valence-corrected chi connectivity index (χ0v) is 8.13. The fourth-order valence-electron chi connectivity index (χ4n) is 0.591. The first-order valence-corrected chi connectivity index (χ1v) is 4.43. The second-order valence-electron chi connectivity index (χ2n) is 2.07. The second kappa shape index (κ2) is 4.51. The number of nitrogen functional groups attached to an aromatic ring is 1. The van der Waals surface area contributed by atoms with Gasteiger partial charge < -0.3 is 15.2 Å². The third-order valence-electron chi connectivity index (χ3n) is 1.08. The maximum atomic E-state index is 11.0. The quantitative estimate of drug-likeness (QED) is 0.410. The Morgan fingerprint density at radius 2 is 2.43 bits per heavy atom. The maximum absolute atomic E-state index is 11.0. The van der Waals surface area contributed by atoms with E-state index < -0.39 is 11.9 Å². The molecule has 0 radical (unpaired) electrons. The monoisotopic (exact) mass is 216 g/mol. The molecule has 0 spiro atoms. The Kier molecular flexibility index (Phi) is 3.35. The van der Waals surface area contributed by atoms with Crippen molar-refractivity contribution >= 4 is 29.3 Å². The van der Waals surface area contributed by atoms with Crippen LogP contribution in [0, 0.1) is 5.41 Å². The first kappa shape index (κ1) is 10.4. The summed E-state index contributed by atoms with van der Waals surface area (Å²) in [6, 6.07) is 0. The molecule has 1 aromatic rings. The lowest BCUT2D eigenvalue weighted by Gasteiger charge is -2.01. The van der Waals surface area contributed by atoms with E-state index >= 15 is 0 Å². The van der Waals surface area contributed by atoms with E-state index in [-0.39, 0.29) is 17.7 Å². The van der Waals surface area contributed by atoms with Crippen LogP contribution in [0.5, 0.6) is 5.19 Å². The normalized spacial score (nSPS) is 9.50. The number of esters is 1. The third kappa shape index (κ3) is 2.66. The summed E-state index contributed by atoms with van der Waals surface area (Å²) in [6.45, 7) is 1.89. The average molecular weight is 216 g/mol. The Morgan fingerprint density at radius 3 is 2.93 bits per heavy atom. The van der Waals surface area contributed by atoms with Crippen LogP contribution in [0.1, 0.15) is 6.92 Å². The van der Waals surface area contributed by atoms with Gasteiger partial charge in [-0.2, -0.15) is 9.36 Å². The lowest BCUT2D eigenvalue weighted by atomic mass is 10.6. The van der Waals surface area contributed by atoms with Crippen molar-refractivity contribution in [2.24, 2.45) is 0 Å². The van der Waals surface area contributed by atoms with Crippen molar-refractivity contribution in [3.8, 4) is 5.19 Å². The molecule has 0 fully saturated rings. The zero-order chi connectivity index (χ0) is 10.6. The smallest absolute Gasteiger partial charge is 0.400 e. The van der Waals surface area contributed by atoms with Crippen LogP contribution in [-0.4, -0.2) is 27.8 Å². The molecule has 14 heavy (non-hydrogen) atoms. The SMILES string of the molecule is CCOC(=N)C(=O)Oc1nc(N)ns1. The zero-order valence-electron chi connectivity index (χ0n) is 7.31. The summed E-state index contributed by atoms with van der Waals surface area (Å²) < 4.78 is 12.8. The Morgan fingerprint density at radius 1 is 1.71 bits per heavy atom. The molecule has 0 aliphatic carbocycles. The van der Waals surface area contributed by atoms with Gasteiger partial charge in [0.25, 0.3) is 5.90 Å². The number of nitrogens with zero attached hydrogens (tertiary/aromatic N) is 2. The first-order chi connectivity index (χ1) is 6.63. The average Bonchev–Trinajstić information content (AvgIpc) is 2.51. The highest BCUT2D eigenvalue weighted by molar-refractivity contribution is 7.07. The molecule has 0 aliphatic rings. The molecule has 7 nitrogen and oxygen atoms in total. The highest BCUT2D eigenvalue weighted by atomic mass is 32.1. The van der Waals surface area contributed by atoms with E-state index in [4.69, 9.17) is 11.1 Å².